The molecule has 0 aliphatic carbocycles. The number of benzene rings is 1. The summed E-state index contributed by atoms with van der Waals surface area (Å²) in [7, 11) is 0. The standard InChI is InChI=1S/C19H30O/c1-8-10-17(11-9-2)19(20)18-15(6)13(4)12(3)14(5)16(18)7/h17H,8-11H2,1-7H3. The Morgan fingerprint density at radius 2 is 1.10 bits per heavy atom. The summed E-state index contributed by atoms with van der Waals surface area (Å²) in [5.74, 6) is 0.568. The normalized spacial score (nSPS) is 11.2. The third kappa shape index (κ3) is 3.13. The molecule has 1 rings (SSSR count). The first kappa shape index (κ1) is 16.9. The molecule has 0 aliphatic heterocycles. The van der Waals surface area contributed by atoms with Crippen molar-refractivity contribution in [2.45, 2.75) is 74.1 Å². The van der Waals surface area contributed by atoms with Crippen molar-refractivity contribution in [1.82, 2.24) is 0 Å². The Morgan fingerprint density at radius 1 is 0.750 bits per heavy atom. The highest BCUT2D eigenvalue weighted by molar-refractivity contribution is 6.01. The maximum atomic E-state index is 13.0. The van der Waals surface area contributed by atoms with E-state index in [0.717, 1.165) is 31.2 Å². The van der Waals surface area contributed by atoms with Gasteiger partial charge >= 0.3 is 0 Å². The van der Waals surface area contributed by atoms with E-state index in [1.807, 2.05) is 0 Å². The van der Waals surface area contributed by atoms with Crippen LogP contribution in [0.5, 0.6) is 0 Å². The second kappa shape index (κ2) is 7.06. The van der Waals surface area contributed by atoms with Gasteiger partial charge in [0.05, 0.1) is 0 Å². The second-order valence-electron chi connectivity index (χ2n) is 6.14. The summed E-state index contributed by atoms with van der Waals surface area (Å²) in [5, 5.41) is 0. The SMILES string of the molecule is CCCC(CCC)C(=O)c1c(C)c(C)c(C)c(C)c1C. The van der Waals surface area contributed by atoms with Crippen LogP contribution in [-0.4, -0.2) is 5.78 Å². The molecule has 0 unspecified atom stereocenters. The van der Waals surface area contributed by atoms with Crippen LogP contribution < -0.4 is 0 Å². The summed E-state index contributed by atoms with van der Waals surface area (Å²) in [6.07, 6.45) is 4.19. The molecule has 1 aromatic carbocycles. The van der Waals surface area contributed by atoms with Crippen LogP contribution in [0.2, 0.25) is 0 Å². The van der Waals surface area contributed by atoms with Gasteiger partial charge in [-0.05, 0) is 75.3 Å². The summed E-state index contributed by atoms with van der Waals surface area (Å²) < 4.78 is 0. The summed E-state index contributed by atoms with van der Waals surface area (Å²) in [5.41, 5.74) is 7.27. The highest BCUT2D eigenvalue weighted by atomic mass is 16.1. The molecule has 0 saturated carbocycles. The number of ketones is 1. The number of Topliss-reactive ketones (excluding diaryl/α,β-unsaturated/α-hetero) is 1. The van der Waals surface area contributed by atoms with Gasteiger partial charge in [-0.3, -0.25) is 4.79 Å². The van der Waals surface area contributed by atoms with Crippen molar-refractivity contribution in [2.75, 3.05) is 0 Å². The summed E-state index contributed by atoms with van der Waals surface area (Å²) in [4.78, 5) is 13.0. The predicted octanol–water partition coefficient (Wildman–Crippen LogP) is 5.63. The highest BCUT2D eigenvalue weighted by Crippen LogP contribution is 2.30. The molecule has 0 saturated heterocycles. The summed E-state index contributed by atoms with van der Waals surface area (Å²) in [6, 6.07) is 0. The molecule has 0 bridgehead atoms. The number of hydrogen-bond acceptors (Lipinski definition) is 1. The van der Waals surface area contributed by atoms with Gasteiger partial charge in [0, 0.05) is 11.5 Å². The number of carbonyl (C=O) groups is 1. The fourth-order valence-electron chi connectivity index (χ4n) is 3.18. The minimum atomic E-state index is 0.198. The summed E-state index contributed by atoms with van der Waals surface area (Å²) >= 11 is 0. The van der Waals surface area contributed by atoms with E-state index < -0.39 is 0 Å². The van der Waals surface area contributed by atoms with E-state index in [9.17, 15) is 4.79 Å². The number of rotatable bonds is 6. The largest absolute Gasteiger partial charge is 0.294 e. The fourth-order valence-corrected chi connectivity index (χ4v) is 3.18. The lowest BCUT2D eigenvalue weighted by atomic mass is 9.82. The first-order valence-electron chi connectivity index (χ1n) is 7.97. The minimum Gasteiger partial charge on any atom is -0.294 e. The van der Waals surface area contributed by atoms with Gasteiger partial charge in [0.2, 0.25) is 0 Å². The van der Waals surface area contributed by atoms with Gasteiger partial charge in [-0.15, -0.1) is 0 Å². The van der Waals surface area contributed by atoms with Crippen molar-refractivity contribution < 1.29 is 4.79 Å². The molecule has 0 aliphatic rings. The Bertz CT molecular complexity index is 462. The molecule has 0 atom stereocenters. The van der Waals surface area contributed by atoms with Crippen molar-refractivity contribution in [3.05, 3.63) is 33.4 Å². The Labute approximate surface area is 124 Å². The molecule has 1 heteroatoms. The van der Waals surface area contributed by atoms with Crippen LogP contribution in [0, 0.1) is 40.5 Å². The smallest absolute Gasteiger partial charge is 0.166 e. The molecular weight excluding hydrogens is 244 g/mol. The van der Waals surface area contributed by atoms with Crippen molar-refractivity contribution in [2.24, 2.45) is 5.92 Å². The predicted molar refractivity (Wildman–Crippen MR) is 87.8 cm³/mol. The average molecular weight is 274 g/mol. The van der Waals surface area contributed by atoms with Gasteiger partial charge in [-0.2, -0.15) is 0 Å². The van der Waals surface area contributed by atoms with Gasteiger partial charge in [-0.25, -0.2) is 0 Å². The maximum absolute atomic E-state index is 13.0. The number of hydrogen-bond donors (Lipinski definition) is 0. The first-order valence-corrected chi connectivity index (χ1v) is 7.97. The van der Waals surface area contributed by atoms with Crippen molar-refractivity contribution >= 4 is 5.78 Å². The molecule has 20 heavy (non-hydrogen) atoms. The second-order valence-corrected chi connectivity index (χ2v) is 6.14. The van der Waals surface area contributed by atoms with Crippen LogP contribution in [0.15, 0.2) is 0 Å². The third-order valence-electron chi connectivity index (χ3n) is 4.89. The molecule has 1 nitrogen and oxygen atoms in total. The molecule has 0 N–H and O–H groups in total. The van der Waals surface area contributed by atoms with E-state index in [0.29, 0.717) is 5.78 Å². The molecule has 1 aromatic rings. The zero-order valence-electron chi connectivity index (χ0n) is 14.3. The van der Waals surface area contributed by atoms with Crippen LogP contribution >= 0.6 is 0 Å². The van der Waals surface area contributed by atoms with Crippen molar-refractivity contribution in [1.29, 1.82) is 0 Å². The zero-order chi connectivity index (χ0) is 15.4. The topological polar surface area (TPSA) is 17.1 Å². The Balaban J connectivity index is 3.34. The molecule has 0 spiro atoms. The van der Waals surface area contributed by atoms with E-state index in [1.54, 1.807) is 0 Å². The van der Waals surface area contributed by atoms with E-state index in [2.05, 4.69) is 48.5 Å². The number of carbonyl (C=O) groups excluding carboxylic acids is 1. The molecule has 0 heterocycles. The van der Waals surface area contributed by atoms with Crippen molar-refractivity contribution in [3.8, 4) is 0 Å². The molecule has 0 fully saturated rings. The van der Waals surface area contributed by atoms with E-state index >= 15 is 0 Å². The first-order chi connectivity index (χ1) is 9.36. The Hall–Kier alpha value is -1.11. The van der Waals surface area contributed by atoms with Gasteiger partial charge in [0.25, 0.3) is 0 Å². The fraction of sp³-hybridized carbons (Fsp3) is 0.632. The molecule has 0 amide bonds. The molecule has 0 aromatic heterocycles. The minimum absolute atomic E-state index is 0.198. The molecule has 0 radical (unpaired) electrons. The van der Waals surface area contributed by atoms with Crippen LogP contribution in [0.4, 0.5) is 0 Å². The molecule has 112 valence electrons. The lowest BCUT2D eigenvalue weighted by Gasteiger charge is -2.21. The molecular formula is C19H30O. The van der Waals surface area contributed by atoms with Crippen LogP contribution in [0.3, 0.4) is 0 Å². The Kier molecular flexibility index (Phi) is 5.98. The van der Waals surface area contributed by atoms with Crippen molar-refractivity contribution in [3.63, 3.8) is 0 Å². The summed E-state index contributed by atoms with van der Waals surface area (Å²) in [6.45, 7) is 15.0. The van der Waals surface area contributed by atoms with Crippen LogP contribution in [-0.2, 0) is 0 Å². The quantitative estimate of drug-likeness (QED) is 0.615. The van der Waals surface area contributed by atoms with Gasteiger partial charge in [0.15, 0.2) is 5.78 Å². The third-order valence-corrected chi connectivity index (χ3v) is 4.89. The zero-order valence-corrected chi connectivity index (χ0v) is 14.3. The Morgan fingerprint density at radius 3 is 1.45 bits per heavy atom. The highest BCUT2D eigenvalue weighted by Gasteiger charge is 2.24. The maximum Gasteiger partial charge on any atom is 0.166 e. The lowest BCUT2D eigenvalue weighted by Crippen LogP contribution is -2.19. The van der Waals surface area contributed by atoms with E-state index in [1.165, 1.54) is 27.8 Å². The average Bonchev–Trinajstić information content (AvgIpc) is 2.43. The van der Waals surface area contributed by atoms with Crippen LogP contribution in [0.1, 0.15) is 77.7 Å². The van der Waals surface area contributed by atoms with E-state index in [4.69, 9.17) is 0 Å². The van der Waals surface area contributed by atoms with E-state index in [-0.39, 0.29) is 5.92 Å². The lowest BCUT2D eigenvalue weighted by molar-refractivity contribution is 0.0903. The van der Waals surface area contributed by atoms with Gasteiger partial charge < -0.3 is 0 Å². The van der Waals surface area contributed by atoms with Gasteiger partial charge in [0.1, 0.15) is 0 Å². The van der Waals surface area contributed by atoms with Gasteiger partial charge in [-0.1, -0.05) is 26.7 Å². The van der Waals surface area contributed by atoms with Crippen LogP contribution in [0.25, 0.3) is 0 Å². The monoisotopic (exact) mass is 274 g/mol.